The standard InChI is InChI=1S/C68H75N7O14/c1-39(2)62(72-59(77)15-11-9-12-24-73-60(78)34-58(67(73)83)89-48-22-20-45(69-7)21-23-48)54(76)30-43(6)64(80)71-46-18-16-44(17-19-46)38-88-68(84)61-49-31-57(56(85-8)32-50(49)65(81)75-37-41(4)28-53(75)63(61)79)87-26-14-10-13-25-86-55-33-52-51(29-42(55)5)66(82)74-36-40(3)27-47(74)35-70-52/h16-23,29,31-37,39,43,47,53,61-63,79H,9-15,24-28,30,38H2,1-6,8H3,(H,71,80)(H,72,77)/t43-,47+,53+,61?,62+,63+/m0/s1. The van der Waals surface area contributed by atoms with Gasteiger partial charge in [-0.1, -0.05) is 62.6 Å². The predicted molar refractivity (Wildman–Crippen MR) is 330 cm³/mol. The van der Waals surface area contributed by atoms with Gasteiger partial charge in [0.05, 0.1) is 68.5 Å². The van der Waals surface area contributed by atoms with Gasteiger partial charge in [0.15, 0.2) is 28.7 Å². The molecule has 0 saturated heterocycles. The molecule has 6 amide bonds. The van der Waals surface area contributed by atoms with E-state index in [1.54, 1.807) is 86.5 Å². The van der Waals surface area contributed by atoms with Crippen molar-refractivity contribution in [2.45, 2.75) is 143 Å². The number of imide groups is 1. The van der Waals surface area contributed by atoms with Crippen LogP contribution in [0, 0.1) is 25.3 Å². The van der Waals surface area contributed by atoms with Crippen LogP contribution in [0.5, 0.6) is 23.0 Å². The van der Waals surface area contributed by atoms with Gasteiger partial charge in [-0.05, 0) is 131 Å². The lowest BCUT2D eigenvalue weighted by molar-refractivity contribution is -0.150. The monoisotopic (exact) mass is 1210 g/mol. The number of aliphatic imine (C=N–C) groups is 1. The second-order valence-electron chi connectivity index (χ2n) is 23.6. The second-order valence-corrected chi connectivity index (χ2v) is 23.6. The fourth-order valence-electron chi connectivity index (χ4n) is 11.5. The van der Waals surface area contributed by atoms with E-state index in [0.717, 1.165) is 40.5 Å². The van der Waals surface area contributed by atoms with Gasteiger partial charge in [-0.3, -0.25) is 48.2 Å². The molecule has 5 aliphatic heterocycles. The number of nitrogens with one attached hydrogen (secondary N) is 2. The molecule has 0 aliphatic carbocycles. The number of rotatable bonds is 27. The van der Waals surface area contributed by atoms with Gasteiger partial charge in [0.2, 0.25) is 11.8 Å². The van der Waals surface area contributed by atoms with Crippen LogP contribution >= 0.6 is 0 Å². The van der Waals surface area contributed by atoms with E-state index in [0.29, 0.717) is 84.8 Å². The number of benzene rings is 4. The van der Waals surface area contributed by atoms with Crippen molar-refractivity contribution in [3.63, 3.8) is 0 Å². The number of methoxy groups -OCH3 is 1. The number of carbonyl (C=O) groups is 8. The van der Waals surface area contributed by atoms with E-state index in [2.05, 4.69) is 20.5 Å². The van der Waals surface area contributed by atoms with Gasteiger partial charge < -0.3 is 49.2 Å². The summed E-state index contributed by atoms with van der Waals surface area (Å²) in [7, 11) is 1.46. The van der Waals surface area contributed by atoms with E-state index in [-0.39, 0.29) is 90.5 Å². The van der Waals surface area contributed by atoms with E-state index >= 15 is 0 Å². The van der Waals surface area contributed by atoms with Gasteiger partial charge in [-0.25, -0.2) is 4.85 Å². The number of amides is 6. The maximum absolute atomic E-state index is 14.3. The van der Waals surface area contributed by atoms with Crippen molar-refractivity contribution in [3.05, 3.63) is 147 Å². The minimum absolute atomic E-state index is 0.0790. The second kappa shape index (κ2) is 28.6. The van der Waals surface area contributed by atoms with E-state index < -0.39 is 59.6 Å². The highest BCUT2D eigenvalue weighted by Crippen LogP contribution is 2.43. The molecule has 0 aromatic heterocycles. The number of aliphatic hydroxyl groups excluding tert-OH is 1. The first-order valence-electron chi connectivity index (χ1n) is 30.2. The number of nitrogens with zero attached hydrogens (tertiary/aromatic N) is 5. The van der Waals surface area contributed by atoms with Gasteiger partial charge in [-0.2, -0.15) is 0 Å². The average molecular weight is 1210 g/mol. The summed E-state index contributed by atoms with van der Waals surface area (Å²) < 4.78 is 29.6. The van der Waals surface area contributed by atoms with E-state index in [1.165, 1.54) is 18.1 Å². The molecule has 3 N–H and O–H groups in total. The first kappa shape index (κ1) is 64.1. The number of ether oxygens (including phenoxy) is 5. The summed E-state index contributed by atoms with van der Waals surface area (Å²) in [6.07, 6.45) is 9.75. The van der Waals surface area contributed by atoms with Crippen LogP contribution in [0.3, 0.4) is 0 Å². The molecule has 21 nitrogen and oxygen atoms in total. The van der Waals surface area contributed by atoms with Crippen LogP contribution in [-0.4, -0.2) is 124 Å². The molecule has 4 aromatic rings. The lowest BCUT2D eigenvalue weighted by atomic mass is 9.86. The van der Waals surface area contributed by atoms with Gasteiger partial charge in [-0.15, -0.1) is 0 Å². The Hall–Kier alpha value is -9.42. The third-order valence-corrected chi connectivity index (χ3v) is 16.4. The number of esters is 1. The van der Waals surface area contributed by atoms with Crippen molar-refractivity contribution >= 4 is 70.5 Å². The number of ketones is 1. The Bertz CT molecular complexity index is 3580. The van der Waals surface area contributed by atoms with Crippen molar-refractivity contribution in [2.75, 3.05) is 32.2 Å². The smallest absolute Gasteiger partial charge is 0.316 e. The fourth-order valence-corrected chi connectivity index (χ4v) is 11.5. The molecule has 4 aromatic carbocycles. The van der Waals surface area contributed by atoms with Gasteiger partial charge in [0.1, 0.15) is 24.0 Å². The number of hydrogen-bond acceptors (Lipinski definition) is 15. The third-order valence-electron chi connectivity index (χ3n) is 16.4. The summed E-state index contributed by atoms with van der Waals surface area (Å²) >= 11 is 0. The lowest BCUT2D eigenvalue weighted by Crippen LogP contribution is -2.45. The molecule has 466 valence electrons. The zero-order chi connectivity index (χ0) is 63.6. The summed E-state index contributed by atoms with van der Waals surface area (Å²) in [6.45, 7) is 18.7. The Morgan fingerprint density at radius 3 is 2.17 bits per heavy atom. The number of unbranched alkanes of at least 4 members (excludes halogenated alkanes) is 4. The summed E-state index contributed by atoms with van der Waals surface area (Å²) in [4.78, 5) is 120. The Morgan fingerprint density at radius 2 is 1.46 bits per heavy atom. The zero-order valence-electron chi connectivity index (χ0n) is 51.2. The quantitative estimate of drug-likeness (QED) is 0.0217. The minimum Gasteiger partial charge on any atom is -0.493 e. The molecule has 21 heteroatoms. The molecule has 6 atom stereocenters. The van der Waals surface area contributed by atoms with Crippen molar-refractivity contribution < 1.29 is 67.1 Å². The van der Waals surface area contributed by atoms with E-state index in [4.69, 9.17) is 30.3 Å². The lowest BCUT2D eigenvalue weighted by Gasteiger charge is -2.28. The summed E-state index contributed by atoms with van der Waals surface area (Å²) in [5, 5.41) is 17.7. The molecule has 1 unspecified atom stereocenters. The molecule has 0 fully saturated rings. The first-order chi connectivity index (χ1) is 42.7. The number of aliphatic hydroxyl groups is 1. The number of anilines is 1. The van der Waals surface area contributed by atoms with Crippen molar-refractivity contribution in [1.82, 2.24) is 20.0 Å². The highest BCUT2D eigenvalue weighted by atomic mass is 16.5. The first-order valence-corrected chi connectivity index (χ1v) is 30.2. The molecule has 0 radical (unpaired) electrons. The molecule has 9 rings (SSSR count). The normalized spacial score (nSPS) is 18.9. The largest absolute Gasteiger partial charge is 0.493 e. The Morgan fingerprint density at radius 1 is 0.775 bits per heavy atom. The molecule has 5 aliphatic rings. The molecule has 0 spiro atoms. The number of Topliss-reactive ketones (excluding diaryl/α,β-unsaturated/α-hetero) is 1. The highest BCUT2D eigenvalue weighted by molar-refractivity contribution is 6.15. The Labute approximate surface area is 517 Å². The summed E-state index contributed by atoms with van der Waals surface area (Å²) in [5.41, 5.74) is 5.76. The molecular weight excluding hydrogens is 1140 g/mol. The van der Waals surface area contributed by atoms with E-state index in [1.807, 2.05) is 45.3 Å². The maximum Gasteiger partial charge on any atom is 0.316 e. The average Bonchev–Trinajstić information content (AvgIpc) is 3.96. The SMILES string of the molecule is [C-]#[N+]c1ccc(OC2=CC(=O)N(CCCCCC(=O)N[C@@H](C(=O)C[C@H](C)C(=O)Nc3ccc(COC(=O)C4c5cc(OCCCCCOc6cc7c(cc6C)C(=O)N6C=C(C)C[C@@H]6C=N7)c(OC)cc5C(=O)N5C=C(C)C[C@@H]5[C@H]4O)cc3)C(C)C)C2=O)cc1. The van der Waals surface area contributed by atoms with Crippen LogP contribution in [0.1, 0.15) is 142 Å². The van der Waals surface area contributed by atoms with Crippen LogP contribution in [0.4, 0.5) is 17.1 Å². The van der Waals surface area contributed by atoms with Gasteiger partial charge >= 0.3 is 5.97 Å². The van der Waals surface area contributed by atoms with Crippen LogP contribution in [0.15, 0.2) is 113 Å². The molecule has 5 heterocycles. The highest BCUT2D eigenvalue weighted by Gasteiger charge is 2.47. The number of hydrogen-bond donors (Lipinski definition) is 3. The molecule has 0 saturated carbocycles. The molecule has 0 bridgehead atoms. The predicted octanol–water partition coefficient (Wildman–Crippen LogP) is 9.90. The van der Waals surface area contributed by atoms with Crippen LogP contribution < -0.4 is 29.6 Å². The number of aryl methyl sites for hydroxylation is 1. The van der Waals surface area contributed by atoms with E-state index in [9.17, 15) is 43.5 Å². The van der Waals surface area contributed by atoms with Crippen molar-refractivity contribution in [3.8, 4) is 23.0 Å². The molecule has 89 heavy (non-hydrogen) atoms. The Kier molecular flexibility index (Phi) is 20.6. The minimum atomic E-state index is -1.35. The van der Waals surface area contributed by atoms with Crippen LogP contribution in [-0.2, 0) is 40.1 Å². The Balaban J connectivity index is 0.728. The van der Waals surface area contributed by atoms with Crippen molar-refractivity contribution in [1.29, 1.82) is 0 Å². The van der Waals surface area contributed by atoms with Crippen LogP contribution in [0.2, 0.25) is 0 Å². The third kappa shape index (κ3) is 15.1. The molecular formula is C68H75N7O14. The summed E-state index contributed by atoms with van der Waals surface area (Å²) in [5.74, 6) is -4.25. The van der Waals surface area contributed by atoms with Gasteiger partial charge in [0.25, 0.3) is 23.6 Å². The number of carbonyl (C=O) groups excluding carboxylic acids is 8. The number of fused-ring (bicyclic) bond motifs is 4. The van der Waals surface area contributed by atoms with Gasteiger partial charge in [0, 0.05) is 61.2 Å². The maximum atomic E-state index is 14.3. The topological polar surface area (TPSA) is 253 Å². The zero-order valence-corrected chi connectivity index (χ0v) is 51.2. The van der Waals surface area contributed by atoms with Crippen LogP contribution in [0.25, 0.3) is 4.85 Å². The van der Waals surface area contributed by atoms with Crippen molar-refractivity contribution in [2.24, 2.45) is 16.8 Å². The fraction of sp³-hybridized carbons (Fsp3) is 0.412. The summed E-state index contributed by atoms with van der Waals surface area (Å²) in [6, 6.07) is 17.9.